The minimum atomic E-state index is -0.723. The first-order chi connectivity index (χ1) is 55.5. The van der Waals surface area contributed by atoms with E-state index in [-0.39, 0.29) is 116 Å². The van der Waals surface area contributed by atoms with E-state index in [1.54, 1.807) is 4.90 Å². The summed E-state index contributed by atoms with van der Waals surface area (Å²) in [5.41, 5.74) is 0. The fourth-order valence-electron chi connectivity index (χ4n) is 9.09. The summed E-state index contributed by atoms with van der Waals surface area (Å²) in [4.78, 5) is 130. The van der Waals surface area contributed by atoms with Crippen LogP contribution in [0.2, 0.25) is 0 Å². The largest absolute Gasteiger partial charge is 0.379 e. The van der Waals surface area contributed by atoms with E-state index in [1.807, 2.05) is 0 Å². The summed E-state index contributed by atoms with van der Waals surface area (Å²) in [6.07, 6.45) is 2.47. The Balaban J connectivity index is 1.10. The molecule has 0 aromatic carbocycles. The van der Waals surface area contributed by atoms with Crippen LogP contribution in [0.25, 0.3) is 0 Å². The molecule has 0 aromatic heterocycles. The number of amides is 8. The van der Waals surface area contributed by atoms with Gasteiger partial charge in [-0.05, 0) is 0 Å². The summed E-state index contributed by atoms with van der Waals surface area (Å²) >= 11 is 0. The predicted molar refractivity (Wildman–Crippen MR) is 388 cm³/mol. The zero-order valence-electron chi connectivity index (χ0n) is 65.6. The molecule has 3 heterocycles. The van der Waals surface area contributed by atoms with Crippen molar-refractivity contribution in [1.82, 2.24) is 25.2 Å². The van der Waals surface area contributed by atoms with Crippen molar-refractivity contribution in [3.8, 4) is 0 Å². The smallest absolute Gasteiger partial charge is 0.335 e. The maximum Gasteiger partial charge on any atom is 0.335 e. The maximum atomic E-state index is 13.3. The normalized spacial score (nSPS) is 13.7. The van der Waals surface area contributed by atoms with E-state index in [2.05, 4.69) is 5.32 Å². The number of hydrogen-bond donors (Lipinski definition) is 1. The Bertz CT molecular complexity index is 2350. The molecule has 0 aliphatic carbocycles. The van der Waals surface area contributed by atoms with Crippen molar-refractivity contribution in [2.75, 3.05) is 343 Å². The lowest BCUT2D eigenvalue weighted by Gasteiger charge is -2.23. The number of ether oxygens (including phenoxy) is 24. The van der Waals surface area contributed by atoms with Crippen molar-refractivity contribution >= 4 is 59.2 Å². The second-order valence-electron chi connectivity index (χ2n) is 23.7. The maximum absolute atomic E-state index is 13.3. The van der Waals surface area contributed by atoms with E-state index in [4.69, 9.17) is 123 Å². The van der Waals surface area contributed by atoms with E-state index in [1.165, 1.54) is 12.2 Å². The fourth-order valence-corrected chi connectivity index (χ4v) is 9.09. The van der Waals surface area contributed by atoms with Gasteiger partial charge < -0.3 is 134 Å². The molecule has 1 N–H and O–H groups in total. The average Bonchev–Trinajstić information content (AvgIpc) is 1.85. The number of carbonyl (C=O) groups excluding carboxylic acids is 10. The van der Waals surface area contributed by atoms with Crippen molar-refractivity contribution in [3.05, 3.63) is 12.2 Å². The van der Waals surface area contributed by atoms with Crippen molar-refractivity contribution in [2.24, 2.45) is 0 Å². The lowest BCUT2D eigenvalue weighted by Crippen LogP contribution is -2.37. The monoisotopic (exact) mass is 1630 g/mol. The number of imide groups is 3. The van der Waals surface area contributed by atoms with Crippen molar-refractivity contribution in [2.45, 2.75) is 51.4 Å². The highest BCUT2D eigenvalue weighted by molar-refractivity contribution is 6.13. The highest BCUT2D eigenvalue weighted by Gasteiger charge is 2.34. The summed E-state index contributed by atoms with van der Waals surface area (Å²) < 4.78 is 133. The molecule has 3 aliphatic heterocycles. The van der Waals surface area contributed by atoms with Crippen LogP contribution in [0.4, 0.5) is 0 Å². The highest BCUT2D eigenvalue weighted by atomic mass is 16.7. The van der Waals surface area contributed by atoms with Crippen LogP contribution in [0.1, 0.15) is 51.4 Å². The number of rotatable bonds is 86. The molecule has 3 aliphatic rings. The molecular formula is C72H123N5O36. The van der Waals surface area contributed by atoms with Gasteiger partial charge in [0, 0.05) is 70.4 Å². The molecule has 113 heavy (non-hydrogen) atoms. The van der Waals surface area contributed by atoms with E-state index < -0.39 is 47.4 Å². The summed E-state index contributed by atoms with van der Waals surface area (Å²) in [7, 11) is 0. The van der Waals surface area contributed by atoms with Gasteiger partial charge >= 0.3 is 11.9 Å². The van der Waals surface area contributed by atoms with Crippen molar-refractivity contribution < 1.29 is 171 Å². The molecule has 8 amide bonds. The van der Waals surface area contributed by atoms with Crippen molar-refractivity contribution in [1.29, 1.82) is 0 Å². The highest BCUT2D eigenvalue weighted by Crippen LogP contribution is 2.14. The first kappa shape index (κ1) is 101. The molecule has 0 unspecified atom stereocenters. The third-order valence-corrected chi connectivity index (χ3v) is 15.0. The molecule has 652 valence electrons. The second kappa shape index (κ2) is 74.9. The minimum absolute atomic E-state index is 0.0254. The molecular weight excluding hydrogens is 1510 g/mol. The van der Waals surface area contributed by atoms with E-state index in [0.29, 0.717) is 301 Å². The van der Waals surface area contributed by atoms with Crippen LogP contribution >= 0.6 is 0 Å². The van der Waals surface area contributed by atoms with Crippen LogP contribution in [-0.4, -0.2) is 422 Å². The Hall–Kier alpha value is -5.92. The third kappa shape index (κ3) is 60.3. The molecule has 41 heteroatoms. The van der Waals surface area contributed by atoms with Crippen LogP contribution in [-0.2, 0) is 171 Å². The number of nitrogens with one attached hydrogen (secondary N) is 1. The molecule has 0 aromatic rings. The first-order valence-electron chi connectivity index (χ1n) is 38.5. The Labute approximate surface area is 660 Å². The van der Waals surface area contributed by atoms with Gasteiger partial charge in [0.05, 0.1) is 336 Å². The SMILES string of the molecule is O=C(CCN1C(=O)C=CC1=O)NCCOCCOCCOCCOCCOCCOCCOCCOCCC(=O)N(CCOCCOCCOCCOCCOCCOCCOCCOCCC(=O)ON1C(=O)CCC1=O)CCOCCOCCOCCOCCOCCOCCOCCOCCC(=O)ON1C(=O)CCC1=O. The summed E-state index contributed by atoms with van der Waals surface area (Å²) in [6, 6.07) is 0. The molecule has 0 spiro atoms. The van der Waals surface area contributed by atoms with Crippen LogP contribution in [0.15, 0.2) is 12.2 Å². The van der Waals surface area contributed by atoms with Gasteiger partial charge in [-0.2, -0.15) is 0 Å². The van der Waals surface area contributed by atoms with Crippen LogP contribution in [0, 0.1) is 0 Å². The van der Waals surface area contributed by atoms with Gasteiger partial charge in [0.25, 0.3) is 35.4 Å². The van der Waals surface area contributed by atoms with Crippen LogP contribution in [0.5, 0.6) is 0 Å². The number of hydrogen-bond acceptors (Lipinski definition) is 36. The molecule has 2 saturated heterocycles. The van der Waals surface area contributed by atoms with E-state index in [9.17, 15) is 47.9 Å². The van der Waals surface area contributed by atoms with Gasteiger partial charge in [-0.15, -0.1) is 10.1 Å². The third-order valence-electron chi connectivity index (χ3n) is 15.0. The predicted octanol–water partition coefficient (Wildman–Crippen LogP) is -1.97. The molecule has 0 saturated carbocycles. The minimum Gasteiger partial charge on any atom is -0.379 e. The topological polar surface area (TPSA) is 436 Å². The fraction of sp³-hybridized carbons (Fsp3) is 0.833. The van der Waals surface area contributed by atoms with Crippen LogP contribution in [0.3, 0.4) is 0 Å². The van der Waals surface area contributed by atoms with Gasteiger partial charge in [-0.3, -0.25) is 43.3 Å². The molecule has 0 atom stereocenters. The zero-order chi connectivity index (χ0) is 81.0. The number of nitrogens with zero attached hydrogens (tertiary/aromatic N) is 4. The van der Waals surface area contributed by atoms with Gasteiger partial charge in [0.15, 0.2) is 0 Å². The second-order valence-corrected chi connectivity index (χ2v) is 23.7. The van der Waals surface area contributed by atoms with E-state index in [0.717, 1.165) is 4.90 Å². The summed E-state index contributed by atoms with van der Waals surface area (Å²) in [5, 5.41) is 3.69. The molecule has 3 rings (SSSR count). The van der Waals surface area contributed by atoms with Crippen molar-refractivity contribution in [3.63, 3.8) is 0 Å². The van der Waals surface area contributed by atoms with Gasteiger partial charge in [0.1, 0.15) is 0 Å². The lowest BCUT2D eigenvalue weighted by atomic mass is 10.3. The molecule has 2 fully saturated rings. The van der Waals surface area contributed by atoms with Gasteiger partial charge in [0.2, 0.25) is 11.8 Å². The summed E-state index contributed by atoms with van der Waals surface area (Å²) in [6.45, 7) is 17.6. The summed E-state index contributed by atoms with van der Waals surface area (Å²) in [5.74, 6) is -4.79. The lowest BCUT2D eigenvalue weighted by molar-refractivity contribution is -0.198. The Morgan fingerprint density at radius 1 is 0.265 bits per heavy atom. The Morgan fingerprint density at radius 3 is 0.708 bits per heavy atom. The molecule has 41 nitrogen and oxygen atoms in total. The average molecular weight is 1630 g/mol. The van der Waals surface area contributed by atoms with Gasteiger partial charge in [-0.25, -0.2) is 9.59 Å². The van der Waals surface area contributed by atoms with Crippen LogP contribution < -0.4 is 5.32 Å². The Morgan fingerprint density at radius 2 is 0.469 bits per heavy atom. The molecule has 0 radical (unpaired) electrons. The Kier molecular flexibility index (Phi) is 67.1. The first-order valence-corrected chi connectivity index (χ1v) is 38.5. The molecule has 0 bridgehead atoms. The van der Waals surface area contributed by atoms with E-state index >= 15 is 0 Å². The standard InChI is InChI=1S/C72H123N5O36/c78-63(7-12-75-65(80)1-2-66(75)81)73-11-18-91-24-30-97-36-42-103-48-54-109-60-57-106-51-45-100-39-33-94-27-21-88-15-8-64(79)74(13-19-92-25-31-98-37-43-104-49-55-110-61-58-107-52-46-101-40-34-95-28-22-89-16-9-71(86)112-76-67(82)3-4-68(76)83)14-20-93-26-32-99-38-44-105-50-56-111-62-59-108-53-47-102-41-35-96-29-23-90-17-10-72(87)113-77-69(84)5-6-70(77)85/h1-2H,3-62H2,(H,73,78). The quantitative estimate of drug-likeness (QED) is 0.0510. The number of hydroxylamine groups is 4. The number of carbonyl (C=O) groups is 10. The zero-order valence-corrected chi connectivity index (χ0v) is 65.6. The van der Waals surface area contributed by atoms with Gasteiger partial charge in [-0.1, -0.05) is 0 Å².